The van der Waals surface area contributed by atoms with Crippen LogP contribution in [0.5, 0.6) is 0 Å². The van der Waals surface area contributed by atoms with E-state index in [2.05, 4.69) is 10.3 Å². The van der Waals surface area contributed by atoms with Crippen LogP contribution in [0.2, 0.25) is 0 Å². The third-order valence-corrected chi connectivity index (χ3v) is 2.19. The summed E-state index contributed by atoms with van der Waals surface area (Å²) < 4.78 is 37.8. The van der Waals surface area contributed by atoms with Gasteiger partial charge in [-0.15, -0.1) is 0 Å². The zero-order valence-corrected chi connectivity index (χ0v) is 9.88. The maximum absolute atomic E-state index is 12.6. The predicted octanol–water partition coefficient (Wildman–Crippen LogP) is 2.46. The van der Waals surface area contributed by atoms with Gasteiger partial charge in [0.1, 0.15) is 5.82 Å². The molecule has 0 amide bonds. The number of alkyl halides is 3. The van der Waals surface area contributed by atoms with Crippen LogP contribution >= 0.6 is 0 Å². The first-order chi connectivity index (χ1) is 7.91. The van der Waals surface area contributed by atoms with Crippen molar-refractivity contribution in [2.24, 2.45) is 0 Å². The fourth-order valence-electron chi connectivity index (χ4n) is 1.38. The van der Waals surface area contributed by atoms with E-state index >= 15 is 0 Å². The Morgan fingerprint density at radius 3 is 2.65 bits per heavy atom. The Bertz CT molecular complexity index is 350. The third kappa shape index (κ3) is 4.60. The molecule has 17 heavy (non-hydrogen) atoms. The van der Waals surface area contributed by atoms with E-state index in [1.54, 1.807) is 0 Å². The van der Waals surface area contributed by atoms with Gasteiger partial charge in [0.25, 0.3) is 0 Å². The van der Waals surface area contributed by atoms with Gasteiger partial charge in [0.15, 0.2) is 0 Å². The van der Waals surface area contributed by atoms with E-state index in [9.17, 15) is 13.2 Å². The first-order valence-electron chi connectivity index (χ1n) is 5.32. The van der Waals surface area contributed by atoms with Crippen LogP contribution < -0.4 is 5.32 Å². The minimum absolute atomic E-state index is 0.0984. The molecule has 0 radical (unpaired) electrons. The Labute approximate surface area is 98.6 Å². The number of hydrogen-bond acceptors (Lipinski definition) is 3. The zero-order chi connectivity index (χ0) is 12.9. The van der Waals surface area contributed by atoms with Crippen LogP contribution in [0.1, 0.15) is 12.0 Å². The van der Waals surface area contributed by atoms with Crippen LogP contribution in [0.25, 0.3) is 0 Å². The largest absolute Gasteiger partial charge is 0.419 e. The summed E-state index contributed by atoms with van der Waals surface area (Å²) >= 11 is 0. The van der Waals surface area contributed by atoms with Crippen molar-refractivity contribution < 1.29 is 13.2 Å². The molecule has 6 heteroatoms. The van der Waals surface area contributed by atoms with Crippen molar-refractivity contribution in [3.05, 3.63) is 23.9 Å². The third-order valence-electron chi connectivity index (χ3n) is 2.19. The lowest BCUT2D eigenvalue weighted by Gasteiger charge is -2.14. The highest BCUT2D eigenvalue weighted by Crippen LogP contribution is 2.33. The lowest BCUT2D eigenvalue weighted by atomic mass is 10.2. The Hall–Kier alpha value is -1.30. The van der Waals surface area contributed by atoms with E-state index in [-0.39, 0.29) is 5.82 Å². The summed E-state index contributed by atoms with van der Waals surface area (Å²) in [5, 5.41) is 2.72. The Morgan fingerprint density at radius 2 is 2.06 bits per heavy atom. The molecule has 0 aliphatic rings. The minimum Gasteiger partial charge on any atom is -0.370 e. The summed E-state index contributed by atoms with van der Waals surface area (Å²) in [6.07, 6.45) is -2.25. The zero-order valence-electron chi connectivity index (χ0n) is 9.88. The molecule has 0 bridgehead atoms. The van der Waals surface area contributed by atoms with Crippen molar-refractivity contribution in [1.82, 2.24) is 9.88 Å². The maximum Gasteiger partial charge on any atom is 0.419 e. The molecule has 1 N–H and O–H groups in total. The van der Waals surface area contributed by atoms with Gasteiger partial charge in [0.2, 0.25) is 0 Å². The molecule has 0 spiro atoms. The highest BCUT2D eigenvalue weighted by Gasteiger charge is 2.33. The second-order valence-electron chi connectivity index (χ2n) is 3.98. The quantitative estimate of drug-likeness (QED) is 0.810. The van der Waals surface area contributed by atoms with Gasteiger partial charge in [-0.05, 0) is 39.2 Å². The highest BCUT2D eigenvalue weighted by atomic mass is 19.4. The topological polar surface area (TPSA) is 28.2 Å². The van der Waals surface area contributed by atoms with Crippen LogP contribution in [0.3, 0.4) is 0 Å². The molecular formula is C11H16F3N3. The molecule has 0 aliphatic carbocycles. The number of nitrogens with zero attached hydrogens (tertiary/aromatic N) is 2. The molecule has 0 fully saturated rings. The molecule has 0 aromatic carbocycles. The SMILES string of the molecule is CN(C)CCCNc1ncccc1C(F)(F)F. The van der Waals surface area contributed by atoms with Gasteiger partial charge in [0, 0.05) is 12.7 Å². The first-order valence-corrected chi connectivity index (χ1v) is 5.32. The monoisotopic (exact) mass is 247 g/mol. The Balaban J connectivity index is 2.59. The van der Waals surface area contributed by atoms with Crippen LogP contribution in [0, 0.1) is 0 Å². The van der Waals surface area contributed by atoms with Gasteiger partial charge in [0.05, 0.1) is 5.56 Å². The molecule has 0 saturated carbocycles. The fourth-order valence-corrected chi connectivity index (χ4v) is 1.38. The van der Waals surface area contributed by atoms with Gasteiger partial charge in [-0.25, -0.2) is 4.98 Å². The number of aromatic nitrogens is 1. The lowest BCUT2D eigenvalue weighted by Crippen LogP contribution is -2.18. The van der Waals surface area contributed by atoms with E-state index in [4.69, 9.17) is 0 Å². The molecule has 0 atom stereocenters. The molecular weight excluding hydrogens is 231 g/mol. The fraction of sp³-hybridized carbons (Fsp3) is 0.545. The molecule has 1 aromatic heterocycles. The Morgan fingerprint density at radius 1 is 1.35 bits per heavy atom. The van der Waals surface area contributed by atoms with E-state index in [1.165, 1.54) is 12.3 Å². The molecule has 1 rings (SSSR count). The van der Waals surface area contributed by atoms with Gasteiger partial charge in [-0.1, -0.05) is 0 Å². The van der Waals surface area contributed by atoms with Crippen molar-refractivity contribution in [1.29, 1.82) is 0 Å². The van der Waals surface area contributed by atoms with Crippen LogP contribution in [-0.4, -0.2) is 37.1 Å². The van der Waals surface area contributed by atoms with Crippen LogP contribution in [-0.2, 0) is 6.18 Å². The maximum atomic E-state index is 12.6. The first kappa shape index (κ1) is 13.8. The van der Waals surface area contributed by atoms with E-state index < -0.39 is 11.7 Å². The summed E-state index contributed by atoms with van der Waals surface area (Å²) in [5.74, 6) is -0.0984. The highest BCUT2D eigenvalue weighted by molar-refractivity contribution is 5.45. The molecule has 0 unspecified atom stereocenters. The Kier molecular flexibility index (Phi) is 4.74. The second kappa shape index (κ2) is 5.86. The van der Waals surface area contributed by atoms with Crippen molar-refractivity contribution >= 4 is 5.82 Å². The molecule has 0 saturated heterocycles. The lowest BCUT2D eigenvalue weighted by molar-refractivity contribution is -0.137. The average Bonchev–Trinajstić information content (AvgIpc) is 2.23. The van der Waals surface area contributed by atoms with Gasteiger partial charge >= 0.3 is 6.18 Å². The number of nitrogens with one attached hydrogen (secondary N) is 1. The summed E-state index contributed by atoms with van der Waals surface area (Å²) in [6, 6.07) is 2.31. The van der Waals surface area contributed by atoms with E-state index in [0.717, 1.165) is 19.0 Å². The van der Waals surface area contributed by atoms with Crippen LogP contribution in [0.15, 0.2) is 18.3 Å². The van der Waals surface area contributed by atoms with Gasteiger partial charge in [-0.2, -0.15) is 13.2 Å². The summed E-state index contributed by atoms with van der Waals surface area (Å²) in [6.45, 7) is 1.29. The summed E-state index contributed by atoms with van der Waals surface area (Å²) in [7, 11) is 3.84. The molecule has 1 aromatic rings. The summed E-state index contributed by atoms with van der Waals surface area (Å²) in [4.78, 5) is 5.69. The number of rotatable bonds is 5. The van der Waals surface area contributed by atoms with Crippen molar-refractivity contribution in [3.63, 3.8) is 0 Å². The van der Waals surface area contributed by atoms with Crippen molar-refractivity contribution in [3.8, 4) is 0 Å². The molecule has 1 heterocycles. The van der Waals surface area contributed by atoms with Gasteiger partial charge in [-0.3, -0.25) is 0 Å². The average molecular weight is 247 g/mol. The smallest absolute Gasteiger partial charge is 0.370 e. The van der Waals surface area contributed by atoms with E-state index in [1.807, 2.05) is 19.0 Å². The predicted molar refractivity (Wildman–Crippen MR) is 60.9 cm³/mol. The number of pyridine rings is 1. The molecule has 96 valence electrons. The van der Waals surface area contributed by atoms with Crippen molar-refractivity contribution in [2.75, 3.05) is 32.5 Å². The molecule has 0 aliphatic heterocycles. The van der Waals surface area contributed by atoms with Crippen LogP contribution in [0.4, 0.5) is 19.0 Å². The van der Waals surface area contributed by atoms with E-state index in [0.29, 0.717) is 6.54 Å². The number of anilines is 1. The standard InChI is InChI=1S/C11H16F3N3/c1-17(2)8-4-7-16-10-9(11(12,13)14)5-3-6-15-10/h3,5-6H,4,7-8H2,1-2H3,(H,15,16). The number of halogens is 3. The van der Waals surface area contributed by atoms with Gasteiger partial charge < -0.3 is 10.2 Å². The minimum atomic E-state index is -4.36. The second-order valence-corrected chi connectivity index (χ2v) is 3.98. The normalized spacial score (nSPS) is 11.9. The number of hydrogen-bond donors (Lipinski definition) is 1. The van der Waals surface area contributed by atoms with Crippen molar-refractivity contribution in [2.45, 2.75) is 12.6 Å². The summed E-state index contributed by atoms with van der Waals surface area (Å²) in [5.41, 5.74) is -0.718. The molecule has 3 nitrogen and oxygen atoms in total.